The molecule has 0 unspecified atom stereocenters. The molecule has 0 spiro atoms. The maximum atomic E-state index is 13.2. The van der Waals surface area contributed by atoms with Gasteiger partial charge in [0.05, 0.1) is 5.56 Å². The summed E-state index contributed by atoms with van der Waals surface area (Å²) in [6.45, 7) is 0. The molecule has 3 aromatic rings. The lowest BCUT2D eigenvalue weighted by atomic mass is 9.74. The Kier molecular flexibility index (Phi) is 3.58. The lowest BCUT2D eigenvalue weighted by Crippen LogP contribution is -2.31. The summed E-state index contributed by atoms with van der Waals surface area (Å²) in [7, 11) is 0. The van der Waals surface area contributed by atoms with Crippen LogP contribution < -0.4 is 10.9 Å². The Balaban J connectivity index is 1.67. The molecule has 4 N–H and O–H groups in total. The van der Waals surface area contributed by atoms with E-state index >= 15 is 0 Å². The minimum absolute atomic E-state index is 0.0433. The van der Waals surface area contributed by atoms with E-state index in [4.69, 9.17) is 0 Å². The first kappa shape index (κ1) is 16.1. The van der Waals surface area contributed by atoms with Crippen LogP contribution >= 0.6 is 11.3 Å². The van der Waals surface area contributed by atoms with Crippen LogP contribution in [0.15, 0.2) is 57.8 Å². The summed E-state index contributed by atoms with van der Waals surface area (Å²) in [4.78, 5) is 26.8. The second-order valence-corrected chi connectivity index (χ2v) is 7.94. The third-order valence-electron chi connectivity index (χ3n) is 5.33. The molecule has 1 aliphatic carbocycles. The molecule has 7 heteroatoms. The van der Waals surface area contributed by atoms with Gasteiger partial charge in [0, 0.05) is 34.4 Å². The molecule has 1 aliphatic heterocycles. The molecule has 0 amide bonds. The number of hydrogen-bond donors (Lipinski definition) is 4. The molecule has 2 aromatic heterocycles. The predicted molar refractivity (Wildman–Crippen MR) is 103 cm³/mol. The van der Waals surface area contributed by atoms with Gasteiger partial charge >= 0.3 is 0 Å². The van der Waals surface area contributed by atoms with Gasteiger partial charge in [0.1, 0.15) is 11.6 Å². The number of anilines is 1. The van der Waals surface area contributed by atoms with E-state index in [0.717, 1.165) is 11.3 Å². The fraction of sp³-hybridized carbons (Fsp3) is 0.200. The van der Waals surface area contributed by atoms with Crippen molar-refractivity contribution in [2.24, 2.45) is 0 Å². The van der Waals surface area contributed by atoms with Crippen LogP contribution in [0.25, 0.3) is 0 Å². The number of fused-ring (bicyclic) bond motifs is 1. The quantitative estimate of drug-likeness (QED) is 0.548. The van der Waals surface area contributed by atoms with Crippen LogP contribution in [0.3, 0.4) is 0 Å². The number of benzene rings is 1. The van der Waals surface area contributed by atoms with Gasteiger partial charge in [0.15, 0.2) is 5.78 Å². The molecule has 5 rings (SSSR count). The number of thiophene rings is 1. The highest BCUT2D eigenvalue weighted by Gasteiger charge is 2.40. The molecule has 0 saturated heterocycles. The minimum Gasteiger partial charge on any atom is -0.508 e. The van der Waals surface area contributed by atoms with Crippen molar-refractivity contribution in [2.75, 3.05) is 5.32 Å². The maximum absolute atomic E-state index is 13.2. The first-order valence-corrected chi connectivity index (χ1v) is 9.66. The van der Waals surface area contributed by atoms with E-state index < -0.39 is 5.92 Å². The highest BCUT2D eigenvalue weighted by Crippen LogP contribution is 2.47. The predicted octanol–water partition coefficient (Wildman–Crippen LogP) is 3.43. The van der Waals surface area contributed by atoms with Crippen LogP contribution in [-0.4, -0.2) is 21.1 Å². The van der Waals surface area contributed by atoms with Gasteiger partial charge in [-0.05, 0) is 35.6 Å². The molecule has 2 aliphatic rings. The molecule has 0 bridgehead atoms. The van der Waals surface area contributed by atoms with Crippen molar-refractivity contribution in [3.8, 4) is 5.75 Å². The summed E-state index contributed by atoms with van der Waals surface area (Å²) >= 11 is 1.66. The number of Topliss-reactive ketones (excluding diaryl/α,β-unsaturated/α-hetero) is 1. The van der Waals surface area contributed by atoms with Gasteiger partial charge in [-0.2, -0.15) is 0 Å². The Morgan fingerprint density at radius 2 is 1.96 bits per heavy atom. The number of carbonyl (C=O) groups excluding carboxylic acids is 1. The number of aromatic hydroxyl groups is 1. The second kappa shape index (κ2) is 5.99. The molecule has 0 saturated carbocycles. The Bertz CT molecular complexity index is 1120. The van der Waals surface area contributed by atoms with Gasteiger partial charge in [-0.25, -0.2) is 0 Å². The van der Waals surface area contributed by atoms with Crippen molar-refractivity contribution < 1.29 is 9.90 Å². The summed E-state index contributed by atoms with van der Waals surface area (Å²) in [6, 6.07) is 10.8. The van der Waals surface area contributed by atoms with Crippen LogP contribution in [0.4, 0.5) is 5.82 Å². The molecule has 2 atom stereocenters. The van der Waals surface area contributed by atoms with Gasteiger partial charge in [-0.15, -0.1) is 11.3 Å². The number of phenolic OH excluding ortho intramolecular Hbond substituents is 1. The number of allylic oxidation sites excluding steroid dienone is 2. The SMILES string of the molecule is O=C1C[C@@H](c2cccs2)CC2=C1[C@H](c1cccc(O)c1)c1c([nH][nH]c1=O)N2. The fourth-order valence-electron chi connectivity index (χ4n) is 4.18. The van der Waals surface area contributed by atoms with E-state index in [-0.39, 0.29) is 23.0 Å². The smallest absolute Gasteiger partial charge is 0.270 e. The Morgan fingerprint density at radius 3 is 2.74 bits per heavy atom. The van der Waals surface area contributed by atoms with E-state index in [1.807, 2.05) is 17.5 Å². The lowest BCUT2D eigenvalue weighted by molar-refractivity contribution is -0.116. The number of ketones is 1. The van der Waals surface area contributed by atoms with Crippen molar-refractivity contribution >= 4 is 22.9 Å². The Hall–Kier alpha value is -3.06. The summed E-state index contributed by atoms with van der Waals surface area (Å²) in [5.41, 5.74) is 2.44. The van der Waals surface area contributed by atoms with E-state index in [1.54, 1.807) is 29.5 Å². The largest absolute Gasteiger partial charge is 0.508 e. The summed E-state index contributed by atoms with van der Waals surface area (Å²) < 4.78 is 0. The number of carbonyl (C=O) groups is 1. The Labute approximate surface area is 158 Å². The van der Waals surface area contributed by atoms with E-state index in [2.05, 4.69) is 21.6 Å². The van der Waals surface area contributed by atoms with Gasteiger partial charge in [0.2, 0.25) is 0 Å². The third kappa shape index (κ3) is 2.54. The topological polar surface area (TPSA) is 98.0 Å². The average molecular weight is 379 g/mol. The summed E-state index contributed by atoms with van der Waals surface area (Å²) in [5.74, 6) is 0.394. The van der Waals surface area contributed by atoms with Crippen molar-refractivity contribution in [3.63, 3.8) is 0 Å². The zero-order valence-corrected chi connectivity index (χ0v) is 15.1. The van der Waals surface area contributed by atoms with Gasteiger partial charge in [-0.1, -0.05) is 18.2 Å². The van der Waals surface area contributed by atoms with E-state index in [9.17, 15) is 14.7 Å². The summed E-state index contributed by atoms with van der Waals surface area (Å²) in [5, 5.41) is 20.7. The zero-order valence-electron chi connectivity index (χ0n) is 14.3. The molecule has 27 heavy (non-hydrogen) atoms. The van der Waals surface area contributed by atoms with Gasteiger partial charge in [0.25, 0.3) is 5.56 Å². The standard InChI is InChI=1S/C20H17N3O3S/c24-12-4-1-3-10(7-12)16-17-13(21-19-18(16)20(26)23-22-19)8-11(9-14(17)25)15-5-2-6-27-15/h1-7,11,16,24H,8-9H2,(H3,21,22,23,26)/t11-,16-/m0/s1. The Morgan fingerprint density at radius 1 is 1.07 bits per heavy atom. The molecule has 0 radical (unpaired) electrons. The monoisotopic (exact) mass is 379 g/mol. The van der Waals surface area contributed by atoms with E-state index in [1.165, 1.54) is 4.88 Å². The number of aromatic amines is 2. The number of hydrogen-bond acceptors (Lipinski definition) is 5. The second-order valence-electron chi connectivity index (χ2n) is 6.96. The molecule has 1 aromatic carbocycles. The highest BCUT2D eigenvalue weighted by molar-refractivity contribution is 7.10. The van der Waals surface area contributed by atoms with Crippen LogP contribution in [0, 0.1) is 0 Å². The van der Waals surface area contributed by atoms with Crippen LogP contribution in [-0.2, 0) is 4.79 Å². The molecular formula is C20H17N3O3S. The molecule has 136 valence electrons. The zero-order chi connectivity index (χ0) is 18.5. The van der Waals surface area contributed by atoms with Crippen LogP contribution in [0.1, 0.15) is 40.7 Å². The first-order chi connectivity index (χ1) is 13.1. The van der Waals surface area contributed by atoms with Gasteiger partial charge < -0.3 is 10.4 Å². The maximum Gasteiger partial charge on any atom is 0.270 e. The normalized spacial score (nSPS) is 21.6. The van der Waals surface area contributed by atoms with Gasteiger partial charge in [-0.3, -0.25) is 19.8 Å². The van der Waals surface area contributed by atoms with Crippen LogP contribution in [0.2, 0.25) is 0 Å². The van der Waals surface area contributed by atoms with Crippen molar-refractivity contribution in [2.45, 2.75) is 24.7 Å². The fourth-order valence-corrected chi connectivity index (χ4v) is 5.01. The molecular weight excluding hydrogens is 362 g/mol. The molecule has 0 fully saturated rings. The van der Waals surface area contributed by atoms with Crippen molar-refractivity contribution in [3.05, 3.63) is 79.4 Å². The lowest BCUT2D eigenvalue weighted by Gasteiger charge is -2.34. The minimum atomic E-state index is -0.491. The number of aromatic nitrogens is 2. The van der Waals surface area contributed by atoms with Crippen molar-refractivity contribution in [1.82, 2.24) is 10.2 Å². The number of phenols is 1. The first-order valence-electron chi connectivity index (χ1n) is 8.78. The highest BCUT2D eigenvalue weighted by atomic mass is 32.1. The molecule has 3 heterocycles. The van der Waals surface area contributed by atoms with Crippen molar-refractivity contribution in [1.29, 1.82) is 0 Å². The number of nitrogens with one attached hydrogen (secondary N) is 3. The average Bonchev–Trinajstić information content (AvgIpc) is 3.30. The van der Waals surface area contributed by atoms with Crippen LogP contribution in [0.5, 0.6) is 5.75 Å². The summed E-state index contributed by atoms with van der Waals surface area (Å²) in [6.07, 6.45) is 1.14. The third-order valence-corrected chi connectivity index (χ3v) is 6.36. The molecule has 6 nitrogen and oxygen atoms in total. The van der Waals surface area contributed by atoms with E-state index in [0.29, 0.717) is 29.8 Å². The number of H-pyrrole nitrogens is 2. The number of rotatable bonds is 2.